The van der Waals surface area contributed by atoms with Crippen molar-refractivity contribution in [2.24, 2.45) is 5.92 Å². The van der Waals surface area contributed by atoms with Crippen molar-refractivity contribution >= 4 is 23.2 Å². The molecule has 1 amide bonds. The number of amides is 1. The van der Waals surface area contributed by atoms with Crippen molar-refractivity contribution in [3.05, 3.63) is 58.6 Å². The Morgan fingerprint density at radius 1 is 1.20 bits per heavy atom. The van der Waals surface area contributed by atoms with Gasteiger partial charge in [-0.15, -0.1) is 0 Å². The Bertz CT molecular complexity index is 716. The molecule has 4 nitrogen and oxygen atoms in total. The molecule has 0 saturated carbocycles. The van der Waals surface area contributed by atoms with Crippen LogP contribution >= 0.6 is 11.6 Å². The third-order valence-corrected chi connectivity index (χ3v) is 3.78. The van der Waals surface area contributed by atoms with Crippen molar-refractivity contribution in [1.82, 2.24) is 0 Å². The summed E-state index contributed by atoms with van der Waals surface area (Å²) in [5.74, 6) is 0.962. The van der Waals surface area contributed by atoms with Crippen molar-refractivity contribution in [2.75, 3.05) is 18.5 Å². The van der Waals surface area contributed by atoms with Gasteiger partial charge in [0, 0.05) is 17.7 Å². The first-order valence-corrected chi connectivity index (χ1v) is 8.78. The van der Waals surface area contributed by atoms with Gasteiger partial charge in [-0.05, 0) is 43.2 Å². The first kappa shape index (κ1) is 19.3. The van der Waals surface area contributed by atoms with Gasteiger partial charge in [0.2, 0.25) is 0 Å². The Morgan fingerprint density at radius 2 is 1.96 bits per heavy atom. The van der Waals surface area contributed by atoms with Gasteiger partial charge < -0.3 is 14.8 Å². The summed E-state index contributed by atoms with van der Waals surface area (Å²) < 4.78 is 11.3. The predicted molar refractivity (Wildman–Crippen MR) is 102 cm³/mol. The molecule has 2 aromatic rings. The van der Waals surface area contributed by atoms with Crippen molar-refractivity contribution in [3.8, 4) is 5.75 Å². The van der Waals surface area contributed by atoms with E-state index in [0.717, 1.165) is 11.3 Å². The van der Waals surface area contributed by atoms with E-state index in [-0.39, 0.29) is 5.91 Å². The first-order valence-electron chi connectivity index (χ1n) is 8.40. The second-order valence-corrected chi connectivity index (χ2v) is 6.51. The molecular weight excluding hydrogens is 338 g/mol. The summed E-state index contributed by atoms with van der Waals surface area (Å²) in [5.41, 5.74) is 1.97. The van der Waals surface area contributed by atoms with Crippen LogP contribution in [0.15, 0.2) is 42.5 Å². The monoisotopic (exact) mass is 361 g/mol. The molecule has 5 heteroatoms. The summed E-state index contributed by atoms with van der Waals surface area (Å²) in [5, 5.41) is 3.33. The van der Waals surface area contributed by atoms with Crippen LogP contribution in [-0.2, 0) is 11.3 Å². The second kappa shape index (κ2) is 9.44. The number of para-hydroxylation sites is 1. The minimum atomic E-state index is -0.221. The highest BCUT2D eigenvalue weighted by atomic mass is 35.5. The molecule has 0 atom stereocenters. The Hall–Kier alpha value is -2.04. The van der Waals surface area contributed by atoms with E-state index < -0.39 is 0 Å². The molecule has 0 saturated heterocycles. The van der Waals surface area contributed by atoms with Crippen molar-refractivity contribution in [3.63, 3.8) is 0 Å². The molecule has 0 aliphatic rings. The van der Waals surface area contributed by atoms with Crippen LogP contribution in [0.2, 0.25) is 5.02 Å². The molecule has 0 fully saturated rings. The standard InChI is InChI=1S/C20H24ClNO3/c1-4-25-19-10-9-15(11-16(19)13-24-12-14(2)3)20(23)22-18-8-6-5-7-17(18)21/h5-11,14H,4,12-13H2,1-3H3,(H,22,23). The average Bonchev–Trinajstić information content (AvgIpc) is 2.58. The number of anilines is 1. The van der Waals surface area contributed by atoms with Crippen LogP contribution < -0.4 is 10.1 Å². The minimum Gasteiger partial charge on any atom is -0.494 e. The normalized spacial score (nSPS) is 10.8. The van der Waals surface area contributed by atoms with E-state index in [4.69, 9.17) is 21.1 Å². The van der Waals surface area contributed by atoms with E-state index in [1.807, 2.05) is 19.1 Å². The molecule has 0 aliphatic heterocycles. The highest BCUT2D eigenvalue weighted by Gasteiger charge is 2.12. The number of hydrogen-bond donors (Lipinski definition) is 1. The van der Waals surface area contributed by atoms with E-state index in [1.165, 1.54) is 0 Å². The first-order chi connectivity index (χ1) is 12.0. The summed E-state index contributed by atoms with van der Waals surface area (Å²) in [7, 11) is 0. The Kier molecular flexibility index (Phi) is 7.29. The van der Waals surface area contributed by atoms with Crippen LogP contribution in [0.4, 0.5) is 5.69 Å². The summed E-state index contributed by atoms with van der Waals surface area (Å²) in [4.78, 5) is 12.5. The van der Waals surface area contributed by atoms with E-state index in [1.54, 1.807) is 30.3 Å². The third-order valence-electron chi connectivity index (χ3n) is 3.45. The van der Waals surface area contributed by atoms with Gasteiger partial charge in [0.15, 0.2) is 0 Å². The molecular formula is C20H24ClNO3. The van der Waals surface area contributed by atoms with Gasteiger partial charge in [-0.1, -0.05) is 37.6 Å². The molecule has 134 valence electrons. The fraction of sp³-hybridized carbons (Fsp3) is 0.350. The molecule has 0 aromatic heterocycles. The largest absolute Gasteiger partial charge is 0.494 e. The van der Waals surface area contributed by atoms with Crippen LogP contribution in [-0.4, -0.2) is 19.1 Å². The summed E-state index contributed by atoms with van der Waals surface area (Å²) >= 11 is 6.10. The quantitative estimate of drug-likeness (QED) is 0.706. The van der Waals surface area contributed by atoms with Gasteiger partial charge in [-0.3, -0.25) is 4.79 Å². The van der Waals surface area contributed by atoms with Crippen LogP contribution in [0.25, 0.3) is 0 Å². The Labute approximate surface area is 154 Å². The molecule has 0 unspecified atom stereocenters. The van der Waals surface area contributed by atoms with Gasteiger partial charge in [0.25, 0.3) is 5.91 Å². The molecule has 0 aliphatic carbocycles. The number of rotatable bonds is 8. The van der Waals surface area contributed by atoms with E-state index in [2.05, 4.69) is 19.2 Å². The maximum Gasteiger partial charge on any atom is 0.255 e. The van der Waals surface area contributed by atoms with E-state index in [0.29, 0.717) is 42.0 Å². The third kappa shape index (κ3) is 5.76. The van der Waals surface area contributed by atoms with Gasteiger partial charge in [0.1, 0.15) is 5.75 Å². The molecule has 0 heterocycles. The predicted octanol–water partition coefficient (Wildman–Crippen LogP) is 5.16. The highest BCUT2D eigenvalue weighted by molar-refractivity contribution is 6.33. The van der Waals surface area contributed by atoms with Gasteiger partial charge >= 0.3 is 0 Å². The lowest BCUT2D eigenvalue weighted by Gasteiger charge is -2.14. The van der Waals surface area contributed by atoms with Crippen molar-refractivity contribution in [2.45, 2.75) is 27.4 Å². The molecule has 0 radical (unpaired) electrons. The zero-order valence-corrected chi connectivity index (χ0v) is 15.6. The molecule has 25 heavy (non-hydrogen) atoms. The van der Waals surface area contributed by atoms with Crippen molar-refractivity contribution < 1.29 is 14.3 Å². The number of carbonyl (C=O) groups excluding carboxylic acids is 1. The highest BCUT2D eigenvalue weighted by Crippen LogP contribution is 2.24. The fourth-order valence-corrected chi connectivity index (χ4v) is 2.47. The molecule has 2 rings (SSSR count). The summed E-state index contributed by atoms with van der Waals surface area (Å²) in [6.07, 6.45) is 0. The second-order valence-electron chi connectivity index (χ2n) is 6.10. The van der Waals surface area contributed by atoms with Crippen LogP contribution in [0.3, 0.4) is 0 Å². The molecule has 2 aromatic carbocycles. The van der Waals surface area contributed by atoms with Gasteiger partial charge in [0.05, 0.1) is 23.9 Å². The SMILES string of the molecule is CCOc1ccc(C(=O)Nc2ccccc2Cl)cc1COCC(C)C. The van der Waals surface area contributed by atoms with Crippen LogP contribution in [0.1, 0.15) is 36.7 Å². The number of nitrogens with one attached hydrogen (secondary N) is 1. The lowest BCUT2D eigenvalue weighted by Crippen LogP contribution is -2.13. The van der Waals surface area contributed by atoms with E-state index >= 15 is 0 Å². The number of hydrogen-bond acceptors (Lipinski definition) is 3. The maximum atomic E-state index is 12.5. The molecule has 1 N–H and O–H groups in total. The summed E-state index contributed by atoms with van der Waals surface area (Å²) in [6.45, 7) is 7.73. The zero-order chi connectivity index (χ0) is 18.2. The Balaban J connectivity index is 2.16. The van der Waals surface area contributed by atoms with Crippen LogP contribution in [0, 0.1) is 5.92 Å². The van der Waals surface area contributed by atoms with E-state index in [9.17, 15) is 4.79 Å². The number of ether oxygens (including phenoxy) is 2. The topological polar surface area (TPSA) is 47.6 Å². The Morgan fingerprint density at radius 3 is 2.64 bits per heavy atom. The maximum absolute atomic E-state index is 12.5. The number of halogens is 1. The molecule has 0 spiro atoms. The number of benzene rings is 2. The van der Waals surface area contributed by atoms with Gasteiger partial charge in [-0.25, -0.2) is 0 Å². The lowest BCUT2D eigenvalue weighted by atomic mass is 10.1. The van der Waals surface area contributed by atoms with Crippen molar-refractivity contribution in [1.29, 1.82) is 0 Å². The minimum absolute atomic E-state index is 0.221. The summed E-state index contributed by atoms with van der Waals surface area (Å²) in [6, 6.07) is 12.5. The molecule has 0 bridgehead atoms. The van der Waals surface area contributed by atoms with Crippen LogP contribution in [0.5, 0.6) is 5.75 Å². The fourth-order valence-electron chi connectivity index (χ4n) is 2.29. The number of carbonyl (C=O) groups is 1. The smallest absolute Gasteiger partial charge is 0.255 e. The average molecular weight is 362 g/mol. The van der Waals surface area contributed by atoms with Gasteiger partial charge in [-0.2, -0.15) is 0 Å². The lowest BCUT2D eigenvalue weighted by molar-refractivity contribution is 0.0948. The zero-order valence-electron chi connectivity index (χ0n) is 14.8.